The Hall–Kier alpha value is -2.66. The predicted molar refractivity (Wildman–Crippen MR) is 122 cm³/mol. The standard InChI is InChI=1S/C24H28ClN3O2/c1-6-15-27(23(30)24(3,4)5)16(2)21-26-20-10-8-7-9-19(20)22(29)28(21)18-13-11-17(25)12-14-18/h7-14,16H,6,15H2,1-5H3. The van der Waals surface area contributed by atoms with Gasteiger partial charge in [0.25, 0.3) is 5.56 Å². The molecule has 1 heterocycles. The van der Waals surface area contributed by atoms with Crippen molar-refractivity contribution in [1.29, 1.82) is 0 Å². The zero-order valence-electron chi connectivity index (χ0n) is 18.1. The fraction of sp³-hybridized carbons (Fsp3) is 0.375. The quantitative estimate of drug-likeness (QED) is 0.551. The molecule has 0 radical (unpaired) electrons. The summed E-state index contributed by atoms with van der Waals surface area (Å²) in [6, 6.07) is 14.0. The molecule has 0 N–H and O–H groups in total. The maximum atomic E-state index is 13.5. The fourth-order valence-electron chi connectivity index (χ4n) is 3.55. The van der Waals surface area contributed by atoms with Crippen LogP contribution in [0.15, 0.2) is 53.3 Å². The van der Waals surface area contributed by atoms with Crippen LogP contribution < -0.4 is 5.56 Å². The summed E-state index contributed by atoms with van der Waals surface area (Å²) in [6.07, 6.45) is 0.810. The molecule has 0 aliphatic carbocycles. The Morgan fingerprint density at radius 2 is 1.77 bits per heavy atom. The van der Waals surface area contributed by atoms with Gasteiger partial charge in [-0.15, -0.1) is 0 Å². The van der Waals surface area contributed by atoms with Crippen LogP contribution in [0.4, 0.5) is 0 Å². The molecule has 1 aromatic heterocycles. The number of carbonyl (C=O) groups is 1. The largest absolute Gasteiger partial charge is 0.332 e. The third kappa shape index (κ3) is 4.26. The van der Waals surface area contributed by atoms with Crippen LogP contribution in [-0.2, 0) is 4.79 Å². The van der Waals surface area contributed by atoms with Crippen LogP contribution in [0.2, 0.25) is 5.02 Å². The molecule has 0 aliphatic heterocycles. The van der Waals surface area contributed by atoms with E-state index < -0.39 is 5.41 Å². The van der Waals surface area contributed by atoms with E-state index >= 15 is 0 Å². The molecule has 5 nitrogen and oxygen atoms in total. The Labute approximate surface area is 182 Å². The first-order valence-corrected chi connectivity index (χ1v) is 10.6. The van der Waals surface area contributed by atoms with E-state index in [1.54, 1.807) is 34.9 Å². The molecule has 0 fully saturated rings. The molecule has 2 aromatic carbocycles. The van der Waals surface area contributed by atoms with Gasteiger partial charge in [0.2, 0.25) is 5.91 Å². The van der Waals surface area contributed by atoms with Gasteiger partial charge in [-0.25, -0.2) is 4.98 Å². The van der Waals surface area contributed by atoms with Gasteiger partial charge in [-0.3, -0.25) is 14.2 Å². The lowest BCUT2D eigenvalue weighted by Crippen LogP contribution is -2.43. The van der Waals surface area contributed by atoms with Gasteiger partial charge >= 0.3 is 0 Å². The summed E-state index contributed by atoms with van der Waals surface area (Å²) >= 11 is 6.06. The van der Waals surface area contributed by atoms with Crippen molar-refractivity contribution in [3.05, 3.63) is 69.7 Å². The minimum absolute atomic E-state index is 0.0295. The molecule has 0 spiro atoms. The highest BCUT2D eigenvalue weighted by Gasteiger charge is 2.32. The lowest BCUT2D eigenvalue weighted by Gasteiger charge is -2.34. The number of para-hydroxylation sites is 1. The van der Waals surface area contributed by atoms with Gasteiger partial charge in [0, 0.05) is 17.0 Å². The minimum Gasteiger partial charge on any atom is -0.332 e. The molecule has 158 valence electrons. The first-order valence-electron chi connectivity index (χ1n) is 10.2. The van der Waals surface area contributed by atoms with Gasteiger partial charge in [-0.05, 0) is 49.7 Å². The first-order chi connectivity index (χ1) is 14.1. The van der Waals surface area contributed by atoms with Crippen LogP contribution in [-0.4, -0.2) is 26.9 Å². The molecule has 30 heavy (non-hydrogen) atoms. The number of carbonyl (C=O) groups excluding carboxylic acids is 1. The first kappa shape index (κ1) is 22.0. The number of amides is 1. The van der Waals surface area contributed by atoms with Gasteiger partial charge in [-0.1, -0.05) is 51.4 Å². The molecular formula is C24H28ClN3O2. The summed E-state index contributed by atoms with van der Waals surface area (Å²) in [5.74, 6) is 0.564. The van der Waals surface area contributed by atoms with Crippen LogP contribution in [0.25, 0.3) is 16.6 Å². The average Bonchev–Trinajstić information content (AvgIpc) is 2.71. The number of nitrogens with zero attached hydrogens (tertiary/aromatic N) is 3. The van der Waals surface area contributed by atoms with Crippen LogP contribution >= 0.6 is 11.6 Å². The molecule has 3 aromatic rings. The van der Waals surface area contributed by atoms with E-state index in [1.807, 2.05) is 57.7 Å². The second-order valence-corrected chi connectivity index (χ2v) is 8.97. The predicted octanol–water partition coefficient (Wildman–Crippen LogP) is 5.38. The van der Waals surface area contributed by atoms with Crippen LogP contribution in [0.5, 0.6) is 0 Å². The molecule has 1 unspecified atom stereocenters. The van der Waals surface area contributed by atoms with E-state index in [0.29, 0.717) is 34.0 Å². The Balaban J connectivity index is 2.27. The summed E-state index contributed by atoms with van der Waals surface area (Å²) < 4.78 is 1.60. The molecule has 0 bridgehead atoms. The smallest absolute Gasteiger partial charge is 0.266 e. The Kier molecular flexibility index (Phi) is 6.32. The van der Waals surface area contributed by atoms with Crippen molar-refractivity contribution in [3.63, 3.8) is 0 Å². The third-order valence-electron chi connectivity index (χ3n) is 5.09. The number of fused-ring (bicyclic) bond motifs is 1. The second-order valence-electron chi connectivity index (χ2n) is 8.53. The highest BCUT2D eigenvalue weighted by Crippen LogP contribution is 2.28. The maximum absolute atomic E-state index is 13.5. The second kappa shape index (κ2) is 8.60. The fourth-order valence-corrected chi connectivity index (χ4v) is 3.68. The lowest BCUT2D eigenvalue weighted by atomic mass is 9.93. The molecule has 1 amide bonds. The molecule has 3 rings (SSSR count). The summed E-state index contributed by atoms with van der Waals surface area (Å²) in [5, 5.41) is 1.12. The maximum Gasteiger partial charge on any atom is 0.266 e. The van der Waals surface area contributed by atoms with Crippen molar-refractivity contribution in [2.24, 2.45) is 5.41 Å². The number of rotatable bonds is 5. The molecule has 6 heteroatoms. The number of halogens is 1. The topological polar surface area (TPSA) is 55.2 Å². The molecule has 0 saturated carbocycles. The van der Waals surface area contributed by atoms with Crippen molar-refractivity contribution in [1.82, 2.24) is 14.5 Å². The summed E-state index contributed by atoms with van der Waals surface area (Å²) in [4.78, 5) is 33.3. The van der Waals surface area contributed by atoms with Gasteiger partial charge < -0.3 is 4.90 Å². The number of benzene rings is 2. The molecular weight excluding hydrogens is 398 g/mol. The minimum atomic E-state index is -0.536. The van der Waals surface area contributed by atoms with Crippen LogP contribution in [0.1, 0.15) is 52.9 Å². The van der Waals surface area contributed by atoms with Crippen molar-refractivity contribution < 1.29 is 4.79 Å². The van der Waals surface area contributed by atoms with Crippen LogP contribution in [0.3, 0.4) is 0 Å². The third-order valence-corrected chi connectivity index (χ3v) is 5.35. The highest BCUT2D eigenvalue weighted by atomic mass is 35.5. The van der Waals surface area contributed by atoms with E-state index in [1.165, 1.54) is 0 Å². The number of aromatic nitrogens is 2. The zero-order valence-corrected chi connectivity index (χ0v) is 18.9. The molecule has 0 aliphatic rings. The zero-order chi connectivity index (χ0) is 22.1. The van der Waals surface area contributed by atoms with E-state index in [2.05, 4.69) is 0 Å². The number of hydrogen-bond acceptors (Lipinski definition) is 3. The highest BCUT2D eigenvalue weighted by molar-refractivity contribution is 6.30. The van der Waals surface area contributed by atoms with E-state index in [9.17, 15) is 9.59 Å². The van der Waals surface area contributed by atoms with Gasteiger partial charge in [-0.2, -0.15) is 0 Å². The van der Waals surface area contributed by atoms with Gasteiger partial charge in [0.1, 0.15) is 5.82 Å². The Morgan fingerprint density at radius 1 is 1.13 bits per heavy atom. The Bertz CT molecular complexity index is 1110. The van der Waals surface area contributed by atoms with Crippen molar-refractivity contribution in [2.45, 2.75) is 47.1 Å². The van der Waals surface area contributed by atoms with Gasteiger partial charge in [0.15, 0.2) is 0 Å². The van der Waals surface area contributed by atoms with Gasteiger partial charge in [0.05, 0.1) is 22.6 Å². The summed E-state index contributed by atoms with van der Waals surface area (Å²) in [7, 11) is 0. The SMILES string of the molecule is CCCN(C(=O)C(C)(C)C)C(C)c1nc2ccccc2c(=O)n1-c1ccc(Cl)cc1. The monoisotopic (exact) mass is 425 g/mol. The van der Waals surface area contributed by atoms with E-state index in [4.69, 9.17) is 16.6 Å². The number of hydrogen-bond donors (Lipinski definition) is 0. The van der Waals surface area contributed by atoms with E-state index in [-0.39, 0.29) is 17.5 Å². The summed E-state index contributed by atoms with van der Waals surface area (Å²) in [6.45, 7) is 10.3. The summed E-state index contributed by atoms with van der Waals surface area (Å²) in [5.41, 5.74) is 0.592. The normalized spacial score (nSPS) is 12.7. The van der Waals surface area contributed by atoms with Crippen molar-refractivity contribution >= 4 is 28.4 Å². The average molecular weight is 426 g/mol. The van der Waals surface area contributed by atoms with Crippen LogP contribution in [0, 0.1) is 5.41 Å². The molecule has 1 atom stereocenters. The van der Waals surface area contributed by atoms with Crippen molar-refractivity contribution in [3.8, 4) is 5.69 Å². The van der Waals surface area contributed by atoms with Crippen molar-refractivity contribution in [2.75, 3.05) is 6.54 Å². The molecule has 0 saturated heterocycles. The van der Waals surface area contributed by atoms with E-state index in [0.717, 1.165) is 6.42 Å². The lowest BCUT2D eigenvalue weighted by molar-refractivity contribution is -0.142. The Morgan fingerprint density at radius 3 is 2.37 bits per heavy atom.